The van der Waals surface area contributed by atoms with Crippen LogP contribution in [0.4, 0.5) is 0 Å². The van der Waals surface area contributed by atoms with Gasteiger partial charge in [-0.15, -0.1) is 0 Å². The third kappa shape index (κ3) is 16.1. The van der Waals surface area contributed by atoms with Gasteiger partial charge in [-0.2, -0.15) is 0 Å². The van der Waals surface area contributed by atoms with Crippen LogP contribution in [0.3, 0.4) is 0 Å². The molecule has 1 aromatic rings. The molecular formula is C30H45NO14. The highest BCUT2D eigenvalue weighted by atomic mass is 16.7. The van der Waals surface area contributed by atoms with E-state index in [0.717, 1.165) is 19.4 Å². The molecule has 254 valence electrons. The summed E-state index contributed by atoms with van der Waals surface area (Å²) in [5.41, 5.74) is 6.46. The molecule has 45 heavy (non-hydrogen) atoms. The standard InChI is InChI=1S/C30H45NO14/c1-20(32)42-19-26-29(44-22(3)34)28(43-21(2)33)25(15-27(31)36)30(45-26)41-14-13-38-10-9-37-11-12-39-17-24(35)18-40-16-23-7-5-4-6-8-23/h4-8,24-26,28-30,35H,9-19H2,1-3H3,(H2,31,36)/t24-,25+,26+,28+,29-,30+/m0/s1. The Kier molecular flexibility index (Phi) is 18.2. The monoisotopic (exact) mass is 643 g/mol. The first kappa shape index (κ1) is 38.0. The van der Waals surface area contributed by atoms with Gasteiger partial charge in [0.05, 0.1) is 65.4 Å². The Morgan fingerprint density at radius 3 is 1.98 bits per heavy atom. The Bertz CT molecular complexity index is 1030. The van der Waals surface area contributed by atoms with E-state index in [2.05, 4.69) is 0 Å². The third-order valence-corrected chi connectivity index (χ3v) is 6.25. The van der Waals surface area contributed by atoms with E-state index in [0.29, 0.717) is 13.2 Å². The van der Waals surface area contributed by atoms with Gasteiger partial charge in [-0.05, 0) is 5.56 Å². The maximum Gasteiger partial charge on any atom is 0.303 e. The summed E-state index contributed by atoms with van der Waals surface area (Å²) in [7, 11) is 0. The predicted octanol–water partition coefficient (Wildman–Crippen LogP) is 0.274. The number of aliphatic hydroxyl groups is 1. The lowest BCUT2D eigenvalue weighted by Gasteiger charge is -2.44. The molecule has 1 aromatic carbocycles. The second-order valence-electron chi connectivity index (χ2n) is 10.2. The Labute approximate surface area is 262 Å². The largest absolute Gasteiger partial charge is 0.463 e. The van der Waals surface area contributed by atoms with Crippen LogP contribution in [0.15, 0.2) is 30.3 Å². The van der Waals surface area contributed by atoms with Crippen molar-refractivity contribution < 1.29 is 66.9 Å². The van der Waals surface area contributed by atoms with Crippen LogP contribution in [0.25, 0.3) is 0 Å². The van der Waals surface area contributed by atoms with Gasteiger partial charge in [-0.25, -0.2) is 0 Å². The van der Waals surface area contributed by atoms with Crippen LogP contribution < -0.4 is 5.73 Å². The minimum Gasteiger partial charge on any atom is -0.463 e. The Balaban J connectivity index is 1.71. The number of aliphatic hydroxyl groups excluding tert-OH is 1. The van der Waals surface area contributed by atoms with Crippen molar-refractivity contribution in [1.82, 2.24) is 0 Å². The van der Waals surface area contributed by atoms with Gasteiger partial charge in [0.15, 0.2) is 12.4 Å². The first-order valence-corrected chi connectivity index (χ1v) is 14.6. The van der Waals surface area contributed by atoms with Crippen molar-refractivity contribution in [3.8, 4) is 0 Å². The zero-order chi connectivity index (χ0) is 33.0. The van der Waals surface area contributed by atoms with Gasteiger partial charge in [-0.1, -0.05) is 30.3 Å². The zero-order valence-electron chi connectivity index (χ0n) is 26.0. The molecule has 1 aliphatic rings. The molecule has 1 heterocycles. The number of nitrogens with two attached hydrogens (primary N) is 1. The molecule has 0 unspecified atom stereocenters. The van der Waals surface area contributed by atoms with Gasteiger partial charge in [0, 0.05) is 27.2 Å². The Hall–Kier alpha value is -3.18. The first-order valence-electron chi connectivity index (χ1n) is 14.6. The summed E-state index contributed by atoms with van der Waals surface area (Å²) < 4.78 is 49.4. The molecule has 0 spiro atoms. The van der Waals surface area contributed by atoms with E-state index in [1.807, 2.05) is 30.3 Å². The molecule has 1 amide bonds. The molecule has 6 atom stereocenters. The Morgan fingerprint density at radius 2 is 1.38 bits per heavy atom. The van der Waals surface area contributed by atoms with Gasteiger partial charge in [0.2, 0.25) is 5.91 Å². The smallest absolute Gasteiger partial charge is 0.303 e. The van der Waals surface area contributed by atoms with E-state index in [-0.39, 0.29) is 59.3 Å². The minimum absolute atomic E-state index is 0.0125. The highest BCUT2D eigenvalue weighted by Crippen LogP contribution is 2.34. The summed E-state index contributed by atoms with van der Waals surface area (Å²) in [6.45, 7) is 5.11. The number of amides is 1. The lowest BCUT2D eigenvalue weighted by Crippen LogP contribution is -2.60. The van der Waals surface area contributed by atoms with Crippen LogP contribution in [-0.2, 0) is 68.4 Å². The number of rotatable bonds is 22. The van der Waals surface area contributed by atoms with Crippen LogP contribution in [0.5, 0.6) is 0 Å². The van der Waals surface area contributed by atoms with Crippen molar-refractivity contribution in [2.75, 3.05) is 59.5 Å². The fraction of sp³-hybridized carbons (Fsp3) is 0.667. The number of hydrogen-bond acceptors (Lipinski definition) is 14. The number of primary amides is 1. The van der Waals surface area contributed by atoms with E-state index in [1.54, 1.807) is 0 Å². The lowest BCUT2D eigenvalue weighted by atomic mass is 9.87. The van der Waals surface area contributed by atoms with Crippen molar-refractivity contribution in [2.24, 2.45) is 11.7 Å². The summed E-state index contributed by atoms with van der Waals surface area (Å²) in [5.74, 6) is -3.66. The molecule has 0 aromatic heterocycles. The van der Waals surface area contributed by atoms with Crippen LogP contribution in [0.1, 0.15) is 32.8 Å². The molecule has 1 saturated heterocycles. The second kappa shape index (κ2) is 21.5. The summed E-state index contributed by atoms with van der Waals surface area (Å²) in [6, 6.07) is 9.65. The van der Waals surface area contributed by atoms with Crippen LogP contribution in [0, 0.1) is 5.92 Å². The molecule has 0 saturated carbocycles. The predicted molar refractivity (Wildman–Crippen MR) is 154 cm³/mol. The second-order valence-corrected chi connectivity index (χ2v) is 10.2. The molecule has 3 N–H and O–H groups in total. The highest BCUT2D eigenvalue weighted by molar-refractivity contribution is 5.74. The molecular weight excluding hydrogens is 598 g/mol. The summed E-state index contributed by atoms with van der Waals surface area (Å²) in [5, 5.41) is 9.95. The van der Waals surface area contributed by atoms with E-state index in [4.69, 9.17) is 48.4 Å². The molecule has 2 rings (SSSR count). The van der Waals surface area contributed by atoms with Gasteiger partial charge in [-0.3, -0.25) is 19.2 Å². The maximum atomic E-state index is 11.9. The number of carbonyl (C=O) groups excluding carboxylic acids is 4. The van der Waals surface area contributed by atoms with Crippen molar-refractivity contribution in [3.63, 3.8) is 0 Å². The van der Waals surface area contributed by atoms with Crippen molar-refractivity contribution in [2.45, 2.75) is 64.5 Å². The van der Waals surface area contributed by atoms with E-state index in [9.17, 15) is 24.3 Å². The van der Waals surface area contributed by atoms with E-state index >= 15 is 0 Å². The molecule has 0 aliphatic carbocycles. The summed E-state index contributed by atoms with van der Waals surface area (Å²) in [6.07, 6.45) is -5.61. The quantitative estimate of drug-likeness (QED) is 0.0992. The van der Waals surface area contributed by atoms with Crippen LogP contribution >= 0.6 is 0 Å². The van der Waals surface area contributed by atoms with E-state index < -0.39 is 60.4 Å². The molecule has 1 aliphatic heterocycles. The van der Waals surface area contributed by atoms with Crippen LogP contribution in [0.2, 0.25) is 0 Å². The SMILES string of the molecule is CC(=O)OC[C@H]1O[C@@H](OCCOCCOCCOC[C@H](O)COCc2ccccc2)[C@H](CC(N)=O)[C@@H](OC(C)=O)[C@H]1OC(C)=O. The van der Waals surface area contributed by atoms with Crippen molar-refractivity contribution in [1.29, 1.82) is 0 Å². The maximum absolute atomic E-state index is 11.9. The Morgan fingerprint density at radius 1 is 0.800 bits per heavy atom. The normalized spacial score (nSPS) is 21.9. The molecule has 1 fully saturated rings. The molecule has 0 bridgehead atoms. The number of hydrogen-bond donors (Lipinski definition) is 2. The van der Waals surface area contributed by atoms with Gasteiger partial charge < -0.3 is 53.5 Å². The van der Waals surface area contributed by atoms with Gasteiger partial charge in [0.25, 0.3) is 0 Å². The van der Waals surface area contributed by atoms with Crippen molar-refractivity contribution >= 4 is 23.8 Å². The fourth-order valence-electron chi connectivity index (χ4n) is 4.40. The third-order valence-electron chi connectivity index (χ3n) is 6.25. The summed E-state index contributed by atoms with van der Waals surface area (Å²) >= 11 is 0. The van der Waals surface area contributed by atoms with E-state index in [1.165, 1.54) is 6.92 Å². The average Bonchev–Trinajstić information content (AvgIpc) is 2.97. The number of benzene rings is 1. The molecule has 15 heteroatoms. The van der Waals surface area contributed by atoms with Crippen molar-refractivity contribution in [3.05, 3.63) is 35.9 Å². The fourth-order valence-corrected chi connectivity index (χ4v) is 4.40. The van der Waals surface area contributed by atoms with Crippen LogP contribution in [-0.4, -0.2) is 119 Å². The molecule has 0 radical (unpaired) electrons. The summed E-state index contributed by atoms with van der Waals surface area (Å²) in [4.78, 5) is 47.0. The number of carbonyl (C=O) groups is 4. The van der Waals surface area contributed by atoms with Gasteiger partial charge in [0.1, 0.15) is 24.9 Å². The van der Waals surface area contributed by atoms with Gasteiger partial charge >= 0.3 is 17.9 Å². The minimum atomic E-state index is -1.19. The number of esters is 3. The highest BCUT2D eigenvalue weighted by Gasteiger charge is 2.51. The first-order chi connectivity index (χ1) is 21.6. The lowest BCUT2D eigenvalue weighted by molar-refractivity contribution is -0.293. The zero-order valence-corrected chi connectivity index (χ0v) is 26.0. The molecule has 15 nitrogen and oxygen atoms in total. The average molecular weight is 644 g/mol. The topological polar surface area (TPSA) is 198 Å². The number of ether oxygens (including phenoxy) is 9.